The van der Waals surface area contributed by atoms with E-state index >= 15 is 0 Å². The molecule has 2 aromatic carbocycles. The number of hydrogen-bond acceptors (Lipinski definition) is 6. The molecule has 2 heterocycles. The van der Waals surface area contributed by atoms with Gasteiger partial charge in [-0.2, -0.15) is 4.98 Å². The molecule has 148 valence electrons. The second-order valence-corrected chi connectivity index (χ2v) is 6.81. The Kier molecular flexibility index (Phi) is 5.42. The number of para-hydroxylation sites is 1. The summed E-state index contributed by atoms with van der Waals surface area (Å²) in [6.45, 7) is 4.75. The SMILES string of the molecule is CCOC(=O)c1cnc(N2CCc3ccccc32)nc1O[C@@H](C)c1ccccc1. The number of nitrogens with zero attached hydrogens (tertiary/aromatic N) is 3. The Hall–Kier alpha value is -3.41. The fourth-order valence-electron chi connectivity index (χ4n) is 3.43. The van der Waals surface area contributed by atoms with E-state index in [0.717, 1.165) is 24.2 Å². The van der Waals surface area contributed by atoms with Crippen molar-refractivity contribution in [1.29, 1.82) is 0 Å². The van der Waals surface area contributed by atoms with Gasteiger partial charge in [-0.25, -0.2) is 9.78 Å². The summed E-state index contributed by atoms with van der Waals surface area (Å²) in [5.74, 6) is 0.253. The van der Waals surface area contributed by atoms with E-state index in [0.29, 0.717) is 5.95 Å². The molecular weight excluding hydrogens is 366 g/mol. The van der Waals surface area contributed by atoms with Gasteiger partial charge in [-0.05, 0) is 37.5 Å². The van der Waals surface area contributed by atoms with Crippen molar-refractivity contribution in [3.8, 4) is 5.88 Å². The van der Waals surface area contributed by atoms with Gasteiger partial charge in [-0.1, -0.05) is 48.5 Å². The van der Waals surface area contributed by atoms with Gasteiger partial charge in [0, 0.05) is 12.2 Å². The molecule has 4 rings (SSSR count). The van der Waals surface area contributed by atoms with Gasteiger partial charge < -0.3 is 14.4 Å². The highest BCUT2D eigenvalue weighted by Crippen LogP contribution is 2.34. The zero-order valence-electron chi connectivity index (χ0n) is 16.5. The molecule has 6 nitrogen and oxygen atoms in total. The van der Waals surface area contributed by atoms with E-state index in [9.17, 15) is 4.79 Å². The van der Waals surface area contributed by atoms with Crippen molar-refractivity contribution in [3.63, 3.8) is 0 Å². The van der Waals surface area contributed by atoms with E-state index < -0.39 is 5.97 Å². The third-order valence-electron chi connectivity index (χ3n) is 4.92. The quantitative estimate of drug-likeness (QED) is 0.579. The van der Waals surface area contributed by atoms with Crippen molar-refractivity contribution in [2.24, 2.45) is 0 Å². The normalized spacial score (nSPS) is 13.7. The number of ether oxygens (including phenoxy) is 2. The van der Waals surface area contributed by atoms with E-state index in [1.807, 2.05) is 54.3 Å². The largest absolute Gasteiger partial charge is 0.469 e. The standard InChI is InChI=1S/C23H23N3O3/c1-3-28-22(27)19-15-24-23(26-14-13-18-11-7-8-12-20(18)26)25-21(19)29-16(2)17-9-5-4-6-10-17/h4-12,15-16H,3,13-14H2,1-2H3/t16-/m0/s1. The number of carbonyl (C=O) groups is 1. The lowest BCUT2D eigenvalue weighted by Gasteiger charge is -2.20. The molecule has 3 aromatic rings. The number of carbonyl (C=O) groups excluding carboxylic acids is 1. The molecule has 1 aromatic heterocycles. The number of hydrogen-bond donors (Lipinski definition) is 0. The molecule has 0 amide bonds. The highest BCUT2D eigenvalue weighted by atomic mass is 16.5. The number of esters is 1. The number of fused-ring (bicyclic) bond motifs is 1. The van der Waals surface area contributed by atoms with E-state index in [1.165, 1.54) is 11.8 Å². The number of benzene rings is 2. The molecule has 0 fully saturated rings. The summed E-state index contributed by atoms with van der Waals surface area (Å²) in [5.41, 5.74) is 3.56. The lowest BCUT2D eigenvalue weighted by Crippen LogP contribution is -2.19. The molecule has 0 spiro atoms. The summed E-state index contributed by atoms with van der Waals surface area (Å²) in [4.78, 5) is 23.5. The van der Waals surface area contributed by atoms with Crippen LogP contribution in [0.4, 0.5) is 11.6 Å². The number of rotatable bonds is 6. The summed E-state index contributed by atoms with van der Waals surface area (Å²) in [5, 5.41) is 0. The van der Waals surface area contributed by atoms with Crippen LogP contribution >= 0.6 is 0 Å². The molecule has 0 N–H and O–H groups in total. The molecule has 0 bridgehead atoms. The van der Waals surface area contributed by atoms with Crippen molar-refractivity contribution in [2.75, 3.05) is 18.1 Å². The van der Waals surface area contributed by atoms with E-state index in [1.54, 1.807) is 6.92 Å². The zero-order valence-corrected chi connectivity index (χ0v) is 16.5. The molecule has 0 saturated carbocycles. The van der Waals surface area contributed by atoms with Crippen LogP contribution in [0.5, 0.6) is 5.88 Å². The van der Waals surface area contributed by atoms with Crippen molar-refractivity contribution in [1.82, 2.24) is 9.97 Å². The molecule has 1 atom stereocenters. The summed E-state index contributed by atoms with van der Waals surface area (Å²) in [6, 6.07) is 18.0. The third-order valence-corrected chi connectivity index (χ3v) is 4.92. The Balaban J connectivity index is 1.69. The van der Waals surface area contributed by atoms with Crippen LogP contribution in [0.3, 0.4) is 0 Å². The first-order chi connectivity index (χ1) is 14.2. The van der Waals surface area contributed by atoms with Crippen molar-refractivity contribution in [2.45, 2.75) is 26.4 Å². The van der Waals surface area contributed by atoms with Gasteiger partial charge >= 0.3 is 5.97 Å². The van der Waals surface area contributed by atoms with Gasteiger partial charge in [0.2, 0.25) is 11.8 Å². The minimum Gasteiger partial charge on any atom is -0.469 e. The van der Waals surface area contributed by atoms with Crippen LogP contribution in [0.15, 0.2) is 60.8 Å². The minimum absolute atomic E-state index is 0.228. The van der Waals surface area contributed by atoms with Gasteiger partial charge in [0.1, 0.15) is 11.7 Å². The zero-order chi connectivity index (χ0) is 20.2. The van der Waals surface area contributed by atoms with Crippen LogP contribution in [0.25, 0.3) is 0 Å². The molecule has 0 saturated heterocycles. The molecule has 0 radical (unpaired) electrons. The Morgan fingerprint density at radius 3 is 2.69 bits per heavy atom. The van der Waals surface area contributed by atoms with Crippen LogP contribution in [-0.2, 0) is 11.2 Å². The molecule has 6 heteroatoms. The predicted octanol–water partition coefficient (Wildman–Crippen LogP) is 4.49. The highest BCUT2D eigenvalue weighted by Gasteiger charge is 2.25. The van der Waals surface area contributed by atoms with E-state index in [4.69, 9.17) is 9.47 Å². The van der Waals surface area contributed by atoms with Gasteiger partial charge in [-0.15, -0.1) is 0 Å². The van der Waals surface area contributed by atoms with E-state index in [-0.39, 0.29) is 24.2 Å². The monoisotopic (exact) mass is 389 g/mol. The second-order valence-electron chi connectivity index (χ2n) is 6.81. The van der Waals surface area contributed by atoms with Crippen molar-refractivity contribution >= 4 is 17.6 Å². The minimum atomic E-state index is -0.490. The summed E-state index contributed by atoms with van der Waals surface area (Å²) in [7, 11) is 0. The maximum atomic E-state index is 12.4. The highest BCUT2D eigenvalue weighted by molar-refractivity contribution is 5.91. The Labute approximate surface area is 170 Å². The Morgan fingerprint density at radius 2 is 1.90 bits per heavy atom. The molecule has 1 aliphatic heterocycles. The molecule has 0 aliphatic carbocycles. The number of anilines is 2. The average Bonchev–Trinajstić information content (AvgIpc) is 3.18. The third kappa shape index (κ3) is 3.92. The maximum absolute atomic E-state index is 12.4. The van der Waals surface area contributed by atoms with Gasteiger partial charge in [0.05, 0.1) is 12.8 Å². The second kappa shape index (κ2) is 8.31. The summed E-state index contributed by atoms with van der Waals surface area (Å²) in [6.07, 6.45) is 2.14. The van der Waals surface area contributed by atoms with Crippen molar-refractivity contribution in [3.05, 3.63) is 77.5 Å². The Bertz CT molecular complexity index is 1010. The summed E-state index contributed by atoms with van der Waals surface area (Å²) < 4.78 is 11.3. The Morgan fingerprint density at radius 1 is 1.14 bits per heavy atom. The smallest absolute Gasteiger partial charge is 0.345 e. The maximum Gasteiger partial charge on any atom is 0.345 e. The lowest BCUT2D eigenvalue weighted by atomic mass is 10.1. The topological polar surface area (TPSA) is 64.5 Å². The first kappa shape index (κ1) is 18.9. The van der Waals surface area contributed by atoms with Gasteiger partial charge in [0.15, 0.2) is 0 Å². The first-order valence-electron chi connectivity index (χ1n) is 9.78. The molecule has 0 unspecified atom stereocenters. The van der Waals surface area contributed by atoms with Crippen LogP contribution in [0.2, 0.25) is 0 Å². The lowest BCUT2D eigenvalue weighted by molar-refractivity contribution is 0.0517. The van der Waals surface area contributed by atoms with Crippen LogP contribution in [0, 0.1) is 0 Å². The fraction of sp³-hybridized carbons (Fsp3) is 0.261. The van der Waals surface area contributed by atoms with Crippen molar-refractivity contribution < 1.29 is 14.3 Å². The van der Waals surface area contributed by atoms with Crippen LogP contribution in [-0.4, -0.2) is 29.1 Å². The molecular formula is C23H23N3O3. The predicted molar refractivity (Wildman–Crippen MR) is 111 cm³/mol. The average molecular weight is 389 g/mol. The fourth-order valence-corrected chi connectivity index (χ4v) is 3.43. The first-order valence-corrected chi connectivity index (χ1v) is 9.78. The van der Waals surface area contributed by atoms with Gasteiger partial charge in [-0.3, -0.25) is 0 Å². The number of aromatic nitrogens is 2. The molecule has 1 aliphatic rings. The van der Waals surface area contributed by atoms with Crippen LogP contribution < -0.4 is 9.64 Å². The van der Waals surface area contributed by atoms with Gasteiger partial charge in [0.25, 0.3) is 0 Å². The summed E-state index contributed by atoms with van der Waals surface area (Å²) >= 11 is 0. The molecule has 29 heavy (non-hydrogen) atoms. The van der Waals surface area contributed by atoms with Crippen LogP contribution in [0.1, 0.15) is 41.4 Å². The van der Waals surface area contributed by atoms with E-state index in [2.05, 4.69) is 22.1 Å².